The number of halogens is 1. The van der Waals surface area contributed by atoms with Crippen LogP contribution in [0.4, 0.5) is 0 Å². The third-order valence-corrected chi connectivity index (χ3v) is 4.69. The summed E-state index contributed by atoms with van der Waals surface area (Å²) in [6.07, 6.45) is 2.36. The van der Waals surface area contributed by atoms with Gasteiger partial charge >= 0.3 is 0 Å². The molecule has 3 rings (SSSR count). The van der Waals surface area contributed by atoms with E-state index in [1.165, 1.54) is 0 Å². The van der Waals surface area contributed by atoms with Gasteiger partial charge in [-0.25, -0.2) is 0 Å². The lowest BCUT2D eigenvalue weighted by Gasteiger charge is -2.24. The summed E-state index contributed by atoms with van der Waals surface area (Å²) in [6.45, 7) is 2.72. The second-order valence-corrected chi connectivity index (χ2v) is 6.23. The fourth-order valence-corrected chi connectivity index (χ4v) is 3.04. The van der Waals surface area contributed by atoms with Crippen LogP contribution in [0.2, 0.25) is 5.15 Å². The Bertz CT molecular complexity index is 594. The minimum atomic E-state index is -0.365. The minimum absolute atomic E-state index is 0.00247. The predicted molar refractivity (Wildman–Crippen MR) is 77.6 cm³/mol. The van der Waals surface area contributed by atoms with Gasteiger partial charge in [-0.1, -0.05) is 11.6 Å². The van der Waals surface area contributed by atoms with Gasteiger partial charge in [0.05, 0.1) is 12.2 Å². The van der Waals surface area contributed by atoms with Gasteiger partial charge in [-0.3, -0.25) is 14.3 Å². The van der Waals surface area contributed by atoms with E-state index in [0.717, 1.165) is 24.1 Å². The highest BCUT2D eigenvalue weighted by Crippen LogP contribution is 2.34. The molecule has 1 aliphatic carbocycles. The first-order chi connectivity index (χ1) is 9.97. The molecule has 1 aromatic rings. The van der Waals surface area contributed by atoms with Crippen molar-refractivity contribution in [3.8, 4) is 0 Å². The Hall–Kier alpha value is -1.56. The van der Waals surface area contributed by atoms with Gasteiger partial charge < -0.3 is 10.2 Å². The second-order valence-electron chi connectivity index (χ2n) is 5.87. The first-order valence-corrected chi connectivity index (χ1v) is 7.61. The molecule has 2 aliphatic rings. The maximum Gasteiger partial charge on any atom is 0.245 e. The number of carbonyl (C=O) groups excluding carboxylic acids is 2. The smallest absolute Gasteiger partial charge is 0.245 e. The third-order valence-electron chi connectivity index (χ3n) is 4.22. The standard InChI is InChI=1S/C14H19ClN4O2/c1-8-10(13(15)18(2)17-8)7-19-6-5-11(20)16-12(14(19)21)9-3-4-9/h9,12H,3-7H2,1-2H3,(H,16,20). The first kappa shape index (κ1) is 14.4. The molecule has 21 heavy (non-hydrogen) atoms. The van der Waals surface area contributed by atoms with Gasteiger partial charge in [0.15, 0.2) is 0 Å². The molecule has 2 amide bonds. The fourth-order valence-electron chi connectivity index (χ4n) is 2.80. The summed E-state index contributed by atoms with van der Waals surface area (Å²) in [5.74, 6) is 0.256. The molecule has 1 aromatic heterocycles. The van der Waals surface area contributed by atoms with Crippen molar-refractivity contribution < 1.29 is 9.59 Å². The lowest BCUT2D eigenvalue weighted by Crippen LogP contribution is -2.45. The monoisotopic (exact) mass is 310 g/mol. The van der Waals surface area contributed by atoms with Crippen LogP contribution in [0.5, 0.6) is 0 Å². The van der Waals surface area contributed by atoms with E-state index in [1.54, 1.807) is 16.6 Å². The summed E-state index contributed by atoms with van der Waals surface area (Å²) in [5.41, 5.74) is 1.68. The van der Waals surface area contributed by atoms with Gasteiger partial charge in [-0.15, -0.1) is 0 Å². The summed E-state index contributed by atoms with van der Waals surface area (Å²) in [5, 5.41) is 7.67. The molecule has 1 saturated carbocycles. The maximum absolute atomic E-state index is 12.6. The van der Waals surface area contributed by atoms with Crippen molar-refractivity contribution in [1.82, 2.24) is 20.0 Å². The topological polar surface area (TPSA) is 67.2 Å². The normalized spacial score (nSPS) is 23.2. The number of rotatable bonds is 3. The highest BCUT2D eigenvalue weighted by atomic mass is 35.5. The summed E-state index contributed by atoms with van der Waals surface area (Å²) in [6, 6.07) is -0.365. The van der Waals surface area contributed by atoms with Gasteiger partial charge in [-0.05, 0) is 25.7 Å². The van der Waals surface area contributed by atoms with Gasteiger partial charge in [0.25, 0.3) is 0 Å². The number of nitrogens with one attached hydrogen (secondary N) is 1. The quantitative estimate of drug-likeness (QED) is 0.906. The lowest BCUT2D eigenvalue weighted by molar-refractivity contribution is -0.134. The van der Waals surface area contributed by atoms with Crippen molar-refractivity contribution in [1.29, 1.82) is 0 Å². The molecule has 2 heterocycles. The first-order valence-electron chi connectivity index (χ1n) is 7.23. The van der Waals surface area contributed by atoms with Crippen LogP contribution in [0.3, 0.4) is 0 Å². The number of aromatic nitrogens is 2. The zero-order valence-corrected chi connectivity index (χ0v) is 13.0. The summed E-state index contributed by atoms with van der Waals surface area (Å²) >= 11 is 6.24. The molecule has 1 N–H and O–H groups in total. The van der Waals surface area contributed by atoms with Crippen molar-refractivity contribution in [2.24, 2.45) is 13.0 Å². The van der Waals surface area contributed by atoms with Crippen LogP contribution in [-0.4, -0.2) is 39.1 Å². The Kier molecular flexibility index (Phi) is 3.65. The molecule has 1 saturated heterocycles. The van der Waals surface area contributed by atoms with Crippen molar-refractivity contribution in [2.75, 3.05) is 6.54 Å². The Morgan fingerprint density at radius 2 is 2.10 bits per heavy atom. The SMILES string of the molecule is Cc1nn(C)c(Cl)c1CN1CCC(=O)NC(C2CC2)C1=O. The maximum atomic E-state index is 12.6. The number of hydrogen-bond acceptors (Lipinski definition) is 3. The van der Waals surface area contributed by atoms with Gasteiger partial charge in [0, 0.05) is 25.6 Å². The van der Waals surface area contributed by atoms with Gasteiger partial charge in [0.1, 0.15) is 11.2 Å². The number of hydrogen-bond donors (Lipinski definition) is 1. The Morgan fingerprint density at radius 3 is 2.67 bits per heavy atom. The number of amides is 2. The largest absolute Gasteiger partial charge is 0.344 e. The van der Waals surface area contributed by atoms with Gasteiger partial charge in [0.2, 0.25) is 11.8 Å². The molecular formula is C14H19ClN4O2. The van der Waals surface area contributed by atoms with Gasteiger partial charge in [-0.2, -0.15) is 5.10 Å². The highest BCUT2D eigenvalue weighted by molar-refractivity contribution is 6.30. The van der Waals surface area contributed by atoms with Crippen LogP contribution in [0.1, 0.15) is 30.5 Å². The molecule has 0 radical (unpaired) electrons. The van der Waals surface area contributed by atoms with E-state index >= 15 is 0 Å². The minimum Gasteiger partial charge on any atom is -0.344 e. The van der Waals surface area contributed by atoms with Crippen LogP contribution in [0.15, 0.2) is 0 Å². The average molecular weight is 311 g/mol. The summed E-state index contributed by atoms with van der Waals surface area (Å²) < 4.78 is 1.61. The van der Waals surface area contributed by atoms with E-state index in [9.17, 15) is 9.59 Å². The van der Waals surface area contributed by atoms with E-state index < -0.39 is 0 Å². The summed E-state index contributed by atoms with van der Waals surface area (Å²) in [4.78, 5) is 26.2. The lowest BCUT2D eigenvalue weighted by atomic mass is 10.1. The predicted octanol–water partition coefficient (Wildman–Crippen LogP) is 1.01. The molecule has 0 bridgehead atoms. The number of aryl methyl sites for hydroxylation is 2. The van der Waals surface area contributed by atoms with E-state index in [2.05, 4.69) is 10.4 Å². The van der Waals surface area contributed by atoms with Crippen LogP contribution in [-0.2, 0) is 23.2 Å². The Balaban J connectivity index is 1.82. The molecule has 1 atom stereocenters. The highest BCUT2D eigenvalue weighted by Gasteiger charge is 2.41. The van der Waals surface area contributed by atoms with Crippen molar-refractivity contribution >= 4 is 23.4 Å². The van der Waals surface area contributed by atoms with Crippen molar-refractivity contribution in [2.45, 2.75) is 38.8 Å². The Morgan fingerprint density at radius 1 is 1.38 bits per heavy atom. The molecule has 7 heteroatoms. The van der Waals surface area contributed by atoms with Crippen LogP contribution in [0.25, 0.3) is 0 Å². The number of carbonyl (C=O) groups is 2. The van der Waals surface area contributed by atoms with E-state index in [1.807, 2.05) is 6.92 Å². The van der Waals surface area contributed by atoms with E-state index in [0.29, 0.717) is 30.6 Å². The fraction of sp³-hybridized carbons (Fsp3) is 0.643. The molecule has 6 nitrogen and oxygen atoms in total. The molecule has 0 aromatic carbocycles. The van der Waals surface area contributed by atoms with Crippen LogP contribution < -0.4 is 5.32 Å². The van der Waals surface area contributed by atoms with Crippen molar-refractivity contribution in [3.63, 3.8) is 0 Å². The van der Waals surface area contributed by atoms with E-state index in [-0.39, 0.29) is 17.9 Å². The number of nitrogens with zero attached hydrogens (tertiary/aromatic N) is 3. The third kappa shape index (κ3) is 2.77. The zero-order chi connectivity index (χ0) is 15.1. The van der Waals surface area contributed by atoms with E-state index in [4.69, 9.17) is 11.6 Å². The molecule has 114 valence electrons. The van der Waals surface area contributed by atoms with Crippen molar-refractivity contribution in [3.05, 3.63) is 16.4 Å². The Labute approximate surface area is 128 Å². The van der Waals surface area contributed by atoms with Crippen LogP contribution in [0, 0.1) is 12.8 Å². The molecule has 0 spiro atoms. The van der Waals surface area contributed by atoms with Crippen LogP contribution >= 0.6 is 11.6 Å². The zero-order valence-electron chi connectivity index (χ0n) is 12.2. The molecule has 2 fully saturated rings. The molecule has 1 unspecified atom stereocenters. The summed E-state index contributed by atoms with van der Waals surface area (Å²) in [7, 11) is 1.78. The molecular weight excluding hydrogens is 292 g/mol. The molecule has 1 aliphatic heterocycles. The second kappa shape index (κ2) is 5.33. The average Bonchev–Trinajstić information content (AvgIpc) is 3.24.